The van der Waals surface area contributed by atoms with Gasteiger partial charge in [0.1, 0.15) is 5.82 Å². The van der Waals surface area contributed by atoms with Gasteiger partial charge in [0, 0.05) is 22.3 Å². The van der Waals surface area contributed by atoms with Crippen molar-refractivity contribution in [2.75, 3.05) is 0 Å². The van der Waals surface area contributed by atoms with Crippen LogP contribution in [-0.2, 0) is 0 Å². The van der Waals surface area contributed by atoms with Crippen LogP contribution in [0.5, 0.6) is 0 Å². The van der Waals surface area contributed by atoms with Crippen LogP contribution in [0.4, 0.5) is 4.39 Å². The second-order valence-electron chi connectivity index (χ2n) is 4.28. The van der Waals surface area contributed by atoms with Crippen molar-refractivity contribution in [1.82, 2.24) is 9.78 Å². The molecule has 3 aromatic rings. The number of nitrogens with zero attached hydrogens (tertiary/aromatic N) is 2. The average Bonchev–Trinajstić information content (AvgIpc) is 2.92. The van der Waals surface area contributed by atoms with Gasteiger partial charge in [-0.3, -0.25) is 0 Å². The maximum absolute atomic E-state index is 13.5. The van der Waals surface area contributed by atoms with Crippen LogP contribution in [0, 0.1) is 5.82 Å². The Balaban J connectivity index is 1.97. The molecule has 0 fully saturated rings. The van der Waals surface area contributed by atoms with Gasteiger partial charge >= 0.3 is 0 Å². The Kier molecular flexibility index (Phi) is 3.59. The molecule has 20 heavy (non-hydrogen) atoms. The second-order valence-corrected chi connectivity index (χ2v) is 5.60. The third-order valence-electron chi connectivity index (χ3n) is 2.93. The Morgan fingerprint density at radius 2 is 1.80 bits per heavy atom. The lowest BCUT2D eigenvalue weighted by molar-refractivity contribution is 0.626. The maximum atomic E-state index is 13.5. The summed E-state index contributed by atoms with van der Waals surface area (Å²) in [6.45, 7) is 0. The minimum absolute atomic E-state index is 0.106. The monoisotopic (exact) mass is 350 g/mol. The third-order valence-corrected chi connectivity index (χ3v) is 3.76. The van der Waals surface area contributed by atoms with Crippen LogP contribution in [0.25, 0.3) is 16.8 Å². The van der Waals surface area contributed by atoms with Gasteiger partial charge in [-0.2, -0.15) is 5.10 Å². The van der Waals surface area contributed by atoms with E-state index in [1.54, 1.807) is 16.9 Å². The van der Waals surface area contributed by atoms with Crippen molar-refractivity contribution in [3.05, 3.63) is 70.2 Å². The van der Waals surface area contributed by atoms with Crippen LogP contribution >= 0.6 is 27.5 Å². The molecule has 0 spiro atoms. The van der Waals surface area contributed by atoms with Crippen molar-refractivity contribution in [3.8, 4) is 16.8 Å². The van der Waals surface area contributed by atoms with Gasteiger partial charge < -0.3 is 0 Å². The summed E-state index contributed by atoms with van der Waals surface area (Å²) in [5, 5.41) is 4.36. The van der Waals surface area contributed by atoms with Gasteiger partial charge in [0.15, 0.2) is 0 Å². The molecular weight excluding hydrogens is 343 g/mol. The van der Waals surface area contributed by atoms with E-state index in [0.717, 1.165) is 15.6 Å². The van der Waals surface area contributed by atoms with E-state index in [9.17, 15) is 4.39 Å². The number of rotatable bonds is 2. The summed E-state index contributed by atoms with van der Waals surface area (Å²) in [5.74, 6) is -0.454. The Bertz CT molecular complexity index is 753. The van der Waals surface area contributed by atoms with E-state index in [2.05, 4.69) is 21.0 Å². The molecule has 0 aliphatic heterocycles. The lowest BCUT2D eigenvalue weighted by Crippen LogP contribution is -1.94. The molecule has 5 heteroatoms. The van der Waals surface area contributed by atoms with Crippen molar-refractivity contribution >= 4 is 27.5 Å². The number of hydrogen-bond acceptors (Lipinski definition) is 1. The maximum Gasteiger partial charge on any atom is 0.143 e. The first-order chi connectivity index (χ1) is 9.63. The Morgan fingerprint density at radius 3 is 2.50 bits per heavy atom. The molecule has 0 atom stereocenters. The highest BCUT2D eigenvalue weighted by Gasteiger charge is 2.06. The van der Waals surface area contributed by atoms with E-state index in [4.69, 9.17) is 11.6 Å². The summed E-state index contributed by atoms with van der Waals surface area (Å²) in [7, 11) is 0. The molecule has 2 nitrogen and oxygen atoms in total. The topological polar surface area (TPSA) is 17.8 Å². The van der Waals surface area contributed by atoms with Crippen LogP contribution in [0.3, 0.4) is 0 Å². The molecule has 0 amide bonds. The molecule has 0 unspecified atom stereocenters. The van der Waals surface area contributed by atoms with Crippen molar-refractivity contribution in [3.63, 3.8) is 0 Å². The standard InChI is InChI=1S/C15H9BrClFN2/c16-12-3-1-10(2-4-12)11-8-19-20(9-11)13-5-6-14(17)15(18)7-13/h1-9H. The molecule has 0 aliphatic carbocycles. The predicted molar refractivity (Wildman–Crippen MR) is 81.7 cm³/mol. The summed E-state index contributed by atoms with van der Waals surface area (Å²) >= 11 is 9.07. The molecule has 0 saturated heterocycles. The molecule has 1 aromatic heterocycles. The lowest BCUT2D eigenvalue weighted by atomic mass is 10.1. The first kappa shape index (κ1) is 13.3. The fourth-order valence-electron chi connectivity index (χ4n) is 1.88. The molecule has 0 N–H and O–H groups in total. The highest BCUT2D eigenvalue weighted by Crippen LogP contribution is 2.23. The first-order valence-corrected chi connectivity index (χ1v) is 7.06. The smallest absolute Gasteiger partial charge is 0.143 e. The zero-order valence-corrected chi connectivity index (χ0v) is 12.6. The zero-order valence-electron chi connectivity index (χ0n) is 10.2. The van der Waals surface area contributed by atoms with Gasteiger partial charge in [-0.1, -0.05) is 39.7 Å². The molecule has 1 heterocycles. The van der Waals surface area contributed by atoms with Crippen LogP contribution in [0.1, 0.15) is 0 Å². The average molecular weight is 352 g/mol. The van der Waals surface area contributed by atoms with E-state index in [0.29, 0.717) is 5.69 Å². The van der Waals surface area contributed by atoms with E-state index >= 15 is 0 Å². The zero-order chi connectivity index (χ0) is 14.1. The van der Waals surface area contributed by atoms with Crippen LogP contribution in [0.15, 0.2) is 59.3 Å². The SMILES string of the molecule is Fc1cc(-n2cc(-c3ccc(Br)cc3)cn2)ccc1Cl. The van der Waals surface area contributed by atoms with E-state index in [-0.39, 0.29) is 5.02 Å². The van der Waals surface area contributed by atoms with E-state index < -0.39 is 5.82 Å². The largest absolute Gasteiger partial charge is 0.240 e. The van der Waals surface area contributed by atoms with E-state index in [1.807, 2.05) is 30.5 Å². The van der Waals surface area contributed by atoms with Gasteiger partial charge in [-0.25, -0.2) is 9.07 Å². The molecule has 0 aliphatic rings. The predicted octanol–water partition coefficient (Wildman–Crippen LogP) is 5.09. The van der Waals surface area contributed by atoms with Gasteiger partial charge in [-0.15, -0.1) is 0 Å². The van der Waals surface area contributed by atoms with Crippen molar-refractivity contribution in [1.29, 1.82) is 0 Å². The van der Waals surface area contributed by atoms with Crippen molar-refractivity contribution in [2.24, 2.45) is 0 Å². The second kappa shape index (κ2) is 5.38. The lowest BCUT2D eigenvalue weighted by Gasteiger charge is -2.02. The van der Waals surface area contributed by atoms with E-state index in [1.165, 1.54) is 12.1 Å². The quantitative estimate of drug-likeness (QED) is 0.628. The molecular formula is C15H9BrClFN2. The van der Waals surface area contributed by atoms with Gasteiger partial charge in [0.05, 0.1) is 16.9 Å². The van der Waals surface area contributed by atoms with Crippen molar-refractivity contribution < 1.29 is 4.39 Å². The number of benzene rings is 2. The Hall–Kier alpha value is -1.65. The van der Waals surface area contributed by atoms with Gasteiger partial charge in [-0.05, 0) is 29.8 Å². The van der Waals surface area contributed by atoms with Gasteiger partial charge in [0.2, 0.25) is 0 Å². The summed E-state index contributed by atoms with van der Waals surface area (Å²) in [6, 6.07) is 12.5. The van der Waals surface area contributed by atoms with Crippen LogP contribution in [0.2, 0.25) is 5.02 Å². The Morgan fingerprint density at radius 1 is 1.05 bits per heavy atom. The molecule has 2 aromatic carbocycles. The third kappa shape index (κ3) is 2.62. The normalized spacial score (nSPS) is 10.8. The fourth-order valence-corrected chi connectivity index (χ4v) is 2.26. The summed E-state index contributed by atoms with van der Waals surface area (Å²) in [6.07, 6.45) is 3.60. The fraction of sp³-hybridized carbons (Fsp3) is 0. The first-order valence-electron chi connectivity index (χ1n) is 5.89. The molecule has 100 valence electrons. The molecule has 0 radical (unpaired) electrons. The minimum Gasteiger partial charge on any atom is -0.240 e. The molecule has 3 rings (SSSR count). The number of halogens is 3. The Labute approximate surface area is 128 Å². The number of aromatic nitrogens is 2. The highest BCUT2D eigenvalue weighted by atomic mass is 79.9. The van der Waals surface area contributed by atoms with Crippen LogP contribution in [-0.4, -0.2) is 9.78 Å². The minimum atomic E-state index is -0.454. The molecule has 0 bridgehead atoms. The molecule has 0 saturated carbocycles. The van der Waals surface area contributed by atoms with Gasteiger partial charge in [0.25, 0.3) is 0 Å². The van der Waals surface area contributed by atoms with Crippen molar-refractivity contribution in [2.45, 2.75) is 0 Å². The highest BCUT2D eigenvalue weighted by molar-refractivity contribution is 9.10. The summed E-state index contributed by atoms with van der Waals surface area (Å²) in [4.78, 5) is 0. The summed E-state index contributed by atoms with van der Waals surface area (Å²) in [5.41, 5.74) is 2.65. The van der Waals surface area contributed by atoms with Crippen LogP contribution < -0.4 is 0 Å². The number of hydrogen-bond donors (Lipinski definition) is 0. The summed E-state index contributed by atoms with van der Waals surface area (Å²) < 4.78 is 16.1.